The van der Waals surface area contributed by atoms with Gasteiger partial charge >= 0.3 is 6.18 Å². The summed E-state index contributed by atoms with van der Waals surface area (Å²) in [5, 5.41) is 0. The molecule has 2 aromatic heterocycles. The largest absolute Gasteiger partial charge is 0.488 e. The van der Waals surface area contributed by atoms with Crippen molar-refractivity contribution in [1.29, 1.82) is 0 Å². The Labute approximate surface area is 196 Å². The molecule has 11 heteroatoms. The first-order valence-corrected chi connectivity index (χ1v) is 11.0. The number of benzene rings is 2. The number of aromatic nitrogens is 3. The molecular formula is C24H19F4N5O2. The maximum absolute atomic E-state index is 15.2. The lowest BCUT2D eigenvalue weighted by Crippen LogP contribution is -2.44. The van der Waals surface area contributed by atoms with Crippen molar-refractivity contribution in [2.75, 3.05) is 12.3 Å². The maximum Gasteiger partial charge on any atom is 0.416 e. The molecule has 1 saturated heterocycles. The Morgan fingerprint density at radius 3 is 2.80 bits per heavy atom. The van der Waals surface area contributed by atoms with E-state index in [0.717, 1.165) is 18.2 Å². The van der Waals surface area contributed by atoms with Crippen molar-refractivity contribution in [3.05, 3.63) is 64.9 Å². The third kappa shape index (κ3) is 3.21. The number of aryl methyl sites for hydroxylation is 1. The van der Waals surface area contributed by atoms with Crippen molar-refractivity contribution in [2.24, 2.45) is 0 Å². The molecule has 6 rings (SSSR count). The first-order chi connectivity index (χ1) is 16.6. The highest BCUT2D eigenvalue weighted by atomic mass is 19.4. The van der Waals surface area contributed by atoms with Crippen LogP contribution in [-0.2, 0) is 6.18 Å². The Morgan fingerprint density at radius 1 is 1.23 bits per heavy atom. The van der Waals surface area contributed by atoms with Crippen LogP contribution >= 0.6 is 0 Å². The predicted molar refractivity (Wildman–Crippen MR) is 118 cm³/mol. The number of nitrogen functional groups attached to an aromatic ring is 1. The van der Waals surface area contributed by atoms with E-state index < -0.39 is 35.6 Å². The smallest absolute Gasteiger partial charge is 0.416 e. The van der Waals surface area contributed by atoms with Crippen LogP contribution in [0.5, 0.6) is 5.75 Å². The van der Waals surface area contributed by atoms with Gasteiger partial charge in [0.15, 0.2) is 0 Å². The van der Waals surface area contributed by atoms with Gasteiger partial charge in [-0.2, -0.15) is 13.2 Å². The number of ether oxygens (including phenoxy) is 1. The van der Waals surface area contributed by atoms with E-state index in [4.69, 9.17) is 10.5 Å². The highest BCUT2D eigenvalue weighted by Gasteiger charge is 2.44. The number of imidazole rings is 1. The number of amides is 1. The van der Waals surface area contributed by atoms with Gasteiger partial charge < -0.3 is 15.4 Å². The Balaban J connectivity index is 1.44. The number of hydrogen-bond acceptors (Lipinski definition) is 5. The summed E-state index contributed by atoms with van der Waals surface area (Å²) in [7, 11) is 0. The number of rotatable bonds is 1. The van der Waals surface area contributed by atoms with E-state index >= 15 is 4.39 Å². The fraction of sp³-hybridized carbons (Fsp3) is 0.292. The van der Waals surface area contributed by atoms with Crippen LogP contribution < -0.4 is 10.5 Å². The van der Waals surface area contributed by atoms with E-state index in [0.29, 0.717) is 41.7 Å². The standard InChI is InChI=1S/C24H19F4N5O2/c1-11-20-22(29)31-16-9-15(25)14(8-17(16)33(20)10-30-11)23(34)32-6-2-3-18-21(32)13-5-4-12(24(26,27)28)7-19(13)35-18/h4-5,7-10,18,21H,2-3,6H2,1H3,(H2,29,31). The number of nitrogens with two attached hydrogens (primary N) is 1. The van der Waals surface area contributed by atoms with Crippen LogP contribution in [0.25, 0.3) is 16.6 Å². The van der Waals surface area contributed by atoms with Crippen LogP contribution in [0.4, 0.5) is 23.4 Å². The molecule has 0 bridgehead atoms. The van der Waals surface area contributed by atoms with Gasteiger partial charge in [-0.15, -0.1) is 0 Å². The Bertz CT molecular complexity index is 1530. The van der Waals surface area contributed by atoms with Crippen LogP contribution in [0, 0.1) is 12.7 Å². The summed E-state index contributed by atoms with van der Waals surface area (Å²) in [5.74, 6) is -1.04. The van der Waals surface area contributed by atoms with Gasteiger partial charge in [0.05, 0.1) is 33.9 Å². The predicted octanol–water partition coefficient (Wildman–Crippen LogP) is 4.67. The van der Waals surface area contributed by atoms with Gasteiger partial charge in [0.2, 0.25) is 0 Å². The number of halogens is 4. The minimum Gasteiger partial charge on any atom is -0.488 e. The number of likely N-dealkylation sites (tertiary alicyclic amines) is 1. The average molecular weight is 485 g/mol. The minimum absolute atomic E-state index is 0.101. The summed E-state index contributed by atoms with van der Waals surface area (Å²) in [6.45, 7) is 2.09. The molecule has 0 saturated carbocycles. The molecule has 7 nitrogen and oxygen atoms in total. The van der Waals surface area contributed by atoms with Gasteiger partial charge in [0.25, 0.3) is 5.91 Å². The number of fused-ring (bicyclic) bond motifs is 6. The van der Waals surface area contributed by atoms with Crippen molar-refractivity contribution in [2.45, 2.75) is 38.1 Å². The second-order valence-electron chi connectivity index (χ2n) is 8.86. The first kappa shape index (κ1) is 21.6. The number of hydrogen-bond donors (Lipinski definition) is 1. The van der Waals surface area contributed by atoms with Crippen LogP contribution in [-0.4, -0.2) is 37.8 Å². The summed E-state index contributed by atoms with van der Waals surface area (Å²) < 4.78 is 62.2. The van der Waals surface area contributed by atoms with Crippen molar-refractivity contribution in [3.8, 4) is 5.75 Å². The first-order valence-electron chi connectivity index (χ1n) is 11.0. The molecule has 4 aromatic rings. The molecule has 2 aliphatic heterocycles. The average Bonchev–Trinajstić information content (AvgIpc) is 3.38. The lowest BCUT2D eigenvalue weighted by atomic mass is 9.93. The van der Waals surface area contributed by atoms with E-state index in [1.54, 1.807) is 11.3 Å². The molecule has 0 radical (unpaired) electrons. The quantitative estimate of drug-likeness (QED) is 0.396. The number of piperidine rings is 1. The van der Waals surface area contributed by atoms with Gasteiger partial charge in [-0.25, -0.2) is 14.4 Å². The van der Waals surface area contributed by atoms with E-state index in [9.17, 15) is 18.0 Å². The Morgan fingerprint density at radius 2 is 2.03 bits per heavy atom. The molecule has 2 aromatic carbocycles. The summed E-state index contributed by atoms with van der Waals surface area (Å²) in [6.07, 6.45) is -2.33. The highest BCUT2D eigenvalue weighted by molar-refractivity contribution is 5.99. The normalized spacial score (nSPS) is 19.6. The monoisotopic (exact) mass is 485 g/mol. The molecule has 2 N–H and O–H groups in total. The molecule has 1 fully saturated rings. The molecule has 35 heavy (non-hydrogen) atoms. The van der Waals surface area contributed by atoms with E-state index in [1.165, 1.54) is 23.4 Å². The zero-order chi connectivity index (χ0) is 24.6. The number of anilines is 1. The topological polar surface area (TPSA) is 85.8 Å². The van der Waals surface area contributed by atoms with Crippen LogP contribution in [0.2, 0.25) is 0 Å². The fourth-order valence-corrected chi connectivity index (χ4v) is 5.16. The van der Waals surface area contributed by atoms with Crippen LogP contribution in [0.3, 0.4) is 0 Å². The minimum atomic E-state index is -4.51. The Hall–Kier alpha value is -3.89. The highest BCUT2D eigenvalue weighted by Crippen LogP contribution is 2.47. The van der Waals surface area contributed by atoms with Crippen LogP contribution in [0.1, 0.15) is 46.1 Å². The van der Waals surface area contributed by atoms with Gasteiger partial charge in [-0.1, -0.05) is 6.07 Å². The third-order valence-electron chi connectivity index (χ3n) is 6.76. The van der Waals surface area contributed by atoms with Gasteiger partial charge in [-0.05, 0) is 38.0 Å². The number of alkyl halides is 3. The molecule has 180 valence electrons. The van der Waals surface area contributed by atoms with Gasteiger partial charge in [0.1, 0.15) is 35.3 Å². The molecule has 1 amide bonds. The SMILES string of the molecule is Cc1ncn2c1c(N)nc1cc(F)c(C(=O)N3CCCC4Oc5cc(C(F)(F)F)ccc5C43)cc12. The zero-order valence-electron chi connectivity index (χ0n) is 18.4. The maximum atomic E-state index is 15.2. The van der Waals surface area contributed by atoms with Gasteiger partial charge in [-0.3, -0.25) is 9.20 Å². The second-order valence-corrected chi connectivity index (χ2v) is 8.86. The molecule has 4 heterocycles. The third-order valence-corrected chi connectivity index (χ3v) is 6.76. The van der Waals surface area contributed by atoms with E-state index in [2.05, 4.69) is 9.97 Å². The molecule has 2 atom stereocenters. The van der Waals surface area contributed by atoms with Crippen LogP contribution in [0.15, 0.2) is 36.7 Å². The molecule has 2 unspecified atom stereocenters. The molecule has 0 spiro atoms. The molecular weight excluding hydrogens is 466 g/mol. The second kappa shape index (κ2) is 7.30. The van der Waals surface area contributed by atoms with Crippen molar-refractivity contribution >= 4 is 28.3 Å². The molecule has 2 aliphatic rings. The number of nitrogens with zero attached hydrogens (tertiary/aromatic N) is 4. The van der Waals surface area contributed by atoms with Crippen molar-refractivity contribution < 1.29 is 27.1 Å². The summed E-state index contributed by atoms with van der Waals surface area (Å²) in [5.41, 5.74) is 7.46. The zero-order valence-corrected chi connectivity index (χ0v) is 18.4. The molecule has 0 aliphatic carbocycles. The van der Waals surface area contributed by atoms with Crippen molar-refractivity contribution in [1.82, 2.24) is 19.3 Å². The Kier molecular flexibility index (Phi) is 4.51. The summed E-state index contributed by atoms with van der Waals surface area (Å²) in [6, 6.07) is 5.25. The number of carbonyl (C=O) groups is 1. The lowest BCUT2D eigenvalue weighted by molar-refractivity contribution is -0.137. The van der Waals surface area contributed by atoms with E-state index in [-0.39, 0.29) is 22.6 Å². The summed E-state index contributed by atoms with van der Waals surface area (Å²) in [4.78, 5) is 23.6. The summed E-state index contributed by atoms with van der Waals surface area (Å²) >= 11 is 0. The number of carbonyl (C=O) groups excluding carboxylic acids is 1. The fourth-order valence-electron chi connectivity index (χ4n) is 5.16. The van der Waals surface area contributed by atoms with Gasteiger partial charge in [0, 0.05) is 18.2 Å². The van der Waals surface area contributed by atoms with E-state index in [1.807, 2.05) is 0 Å². The lowest BCUT2D eigenvalue weighted by Gasteiger charge is -2.36. The van der Waals surface area contributed by atoms with Crippen molar-refractivity contribution in [3.63, 3.8) is 0 Å².